The summed E-state index contributed by atoms with van der Waals surface area (Å²) in [7, 11) is 0. The van der Waals surface area contributed by atoms with Crippen LogP contribution in [-0.2, 0) is 4.79 Å². The first-order valence-corrected chi connectivity index (χ1v) is 7.86. The molecule has 1 atom stereocenters. The molecule has 0 aliphatic carbocycles. The molecule has 1 aliphatic rings. The lowest BCUT2D eigenvalue weighted by Crippen LogP contribution is -2.40. The number of carboxylic acid groups (broad SMARTS) is 1. The van der Waals surface area contributed by atoms with Crippen LogP contribution >= 0.6 is 23.2 Å². The highest BCUT2D eigenvalue weighted by molar-refractivity contribution is 6.32. The zero-order chi connectivity index (χ0) is 19.1. The third-order valence-corrected chi connectivity index (χ3v) is 4.00. The lowest BCUT2D eigenvalue weighted by molar-refractivity contribution is -0.187. The van der Waals surface area contributed by atoms with Gasteiger partial charge < -0.3 is 14.6 Å². The van der Waals surface area contributed by atoms with E-state index in [1.807, 2.05) is 0 Å². The molecule has 0 aromatic heterocycles. The van der Waals surface area contributed by atoms with E-state index in [1.165, 1.54) is 12.1 Å². The van der Waals surface area contributed by atoms with Gasteiger partial charge in [-0.25, -0.2) is 4.79 Å². The molecule has 0 bridgehead atoms. The van der Waals surface area contributed by atoms with Crippen molar-refractivity contribution in [3.05, 3.63) is 57.6 Å². The van der Waals surface area contributed by atoms with Crippen molar-refractivity contribution in [3.8, 4) is 17.2 Å². The number of carbonyl (C=O) groups is 1. The Balaban J connectivity index is 2.00. The first kappa shape index (κ1) is 18.4. The zero-order valence-electron chi connectivity index (χ0n) is 12.7. The molecule has 0 saturated heterocycles. The summed E-state index contributed by atoms with van der Waals surface area (Å²) in [5.41, 5.74) is -0.871. The van der Waals surface area contributed by atoms with E-state index in [0.717, 1.165) is 6.08 Å². The first-order chi connectivity index (χ1) is 12.1. The minimum absolute atomic E-state index is 0.0689. The number of carboxylic acids is 1. The fourth-order valence-electron chi connectivity index (χ4n) is 2.36. The van der Waals surface area contributed by atoms with Gasteiger partial charge >= 0.3 is 12.1 Å². The highest BCUT2D eigenvalue weighted by atomic mass is 35.5. The van der Waals surface area contributed by atoms with Crippen LogP contribution in [0.5, 0.6) is 17.2 Å². The van der Waals surface area contributed by atoms with Crippen LogP contribution in [-0.4, -0.2) is 23.4 Å². The molecule has 26 heavy (non-hydrogen) atoms. The minimum Gasteiger partial charge on any atom is -0.478 e. The Labute approximate surface area is 155 Å². The number of hydrogen-bond acceptors (Lipinski definition) is 3. The Morgan fingerprint density at radius 1 is 1.12 bits per heavy atom. The van der Waals surface area contributed by atoms with E-state index in [0.29, 0.717) is 10.8 Å². The molecule has 1 unspecified atom stereocenters. The van der Waals surface area contributed by atoms with Crippen molar-refractivity contribution < 1.29 is 32.5 Å². The van der Waals surface area contributed by atoms with Gasteiger partial charge in [-0.3, -0.25) is 0 Å². The number of fused-ring (bicyclic) bond motifs is 1. The van der Waals surface area contributed by atoms with Gasteiger partial charge in [-0.15, -0.1) is 0 Å². The monoisotopic (exact) mass is 404 g/mol. The summed E-state index contributed by atoms with van der Waals surface area (Å²) in [6, 6.07) is 8.98. The Morgan fingerprint density at radius 2 is 1.77 bits per heavy atom. The van der Waals surface area contributed by atoms with Crippen LogP contribution in [0.15, 0.2) is 42.0 Å². The van der Waals surface area contributed by atoms with Gasteiger partial charge in [-0.2, -0.15) is 13.2 Å². The van der Waals surface area contributed by atoms with Crippen LogP contribution in [0.1, 0.15) is 5.56 Å². The lowest BCUT2D eigenvalue weighted by atomic mass is 10.0. The zero-order valence-corrected chi connectivity index (χ0v) is 14.2. The molecule has 0 fully saturated rings. The van der Waals surface area contributed by atoms with Gasteiger partial charge in [0.1, 0.15) is 17.2 Å². The highest BCUT2D eigenvalue weighted by Crippen LogP contribution is 2.43. The Hall–Kier alpha value is -2.38. The van der Waals surface area contributed by atoms with Crippen molar-refractivity contribution >= 4 is 35.2 Å². The second-order valence-corrected chi connectivity index (χ2v) is 6.17. The Kier molecular flexibility index (Phi) is 4.77. The fraction of sp³-hybridized carbons (Fsp3) is 0.118. The summed E-state index contributed by atoms with van der Waals surface area (Å²) in [5.74, 6) is -1.38. The number of halogens is 5. The molecule has 136 valence electrons. The van der Waals surface area contributed by atoms with Gasteiger partial charge in [-0.1, -0.05) is 23.2 Å². The van der Waals surface area contributed by atoms with Gasteiger partial charge in [0.25, 0.3) is 0 Å². The van der Waals surface area contributed by atoms with Crippen LogP contribution in [0, 0.1) is 0 Å². The largest absolute Gasteiger partial charge is 0.478 e. The van der Waals surface area contributed by atoms with Crippen molar-refractivity contribution in [2.45, 2.75) is 12.3 Å². The predicted octanol–water partition coefficient (Wildman–Crippen LogP) is 5.58. The van der Waals surface area contributed by atoms with E-state index in [2.05, 4.69) is 0 Å². The number of aliphatic carboxylic acids is 1. The molecular formula is C17H9Cl2F3O4. The van der Waals surface area contributed by atoms with Gasteiger partial charge in [0.2, 0.25) is 6.10 Å². The van der Waals surface area contributed by atoms with E-state index in [4.69, 9.17) is 37.8 Å². The SMILES string of the molecule is O=C(O)C1=Cc2cc(Oc3ccc(Cl)cc3)cc(Cl)c2OC1C(F)(F)F. The van der Waals surface area contributed by atoms with Crippen LogP contribution < -0.4 is 9.47 Å². The van der Waals surface area contributed by atoms with Gasteiger partial charge in [0, 0.05) is 16.7 Å². The van der Waals surface area contributed by atoms with Gasteiger partial charge in [0.05, 0.1) is 10.6 Å². The predicted molar refractivity (Wildman–Crippen MR) is 89.1 cm³/mol. The molecule has 4 nitrogen and oxygen atoms in total. The maximum atomic E-state index is 13.1. The number of ether oxygens (including phenoxy) is 2. The number of hydrogen-bond donors (Lipinski definition) is 1. The third-order valence-electron chi connectivity index (χ3n) is 3.47. The Bertz CT molecular complexity index is 892. The molecular weight excluding hydrogens is 396 g/mol. The summed E-state index contributed by atoms with van der Waals surface area (Å²) in [6.07, 6.45) is -6.63. The topological polar surface area (TPSA) is 55.8 Å². The molecule has 0 saturated carbocycles. The van der Waals surface area contributed by atoms with Crippen molar-refractivity contribution in [1.82, 2.24) is 0 Å². The molecule has 3 rings (SSSR count). The number of rotatable bonds is 3. The summed E-state index contributed by atoms with van der Waals surface area (Å²) >= 11 is 11.8. The standard InChI is InChI=1S/C17H9Cl2F3O4/c18-9-1-3-10(4-2-9)25-11-5-8-6-12(16(23)24)15(17(20,21)22)26-14(8)13(19)7-11/h1-7,15H,(H,23,24). The summed E-state index contributed by atoms with van der Waals surface area (Å²) < 4.78 is 49.6. The number of benzene rings is 2. The van der Waals surface area contributed by atoms with E-state index >= 15 is 0 Å². The quantitative estimate of drug-likeness (QED) is 0.725. The van der Waals surface area contributed by atoms with Crippen LogP contribution in [0.25, 0.3) is 6.08 Å². The second-order valence-electron chi connectivity index (χ2n) is 5.32. The van der Waals surface area contributed by atoms with E-state index in [1.54, 1.807) is 24.3 Å². The molecule has 1 N–H and O–H groups in total. The van der Waals surface area contributed by atoms with Crippen molar-refractivity contribution in [2.75, 3.05) is 0 Å². The van der Waals surface area contributed by atoms with Crippen LogP contribution in [0.4, 0.5) is 13.2 Å². The summed E-state index contributed by atoms with van der Waals surface area (Å²) in [4.78, 5) is 11.2. The lowest BCUT2D eigenvalue weighted by Gasteiger charge is -2.27. The molecule has 1 heterocycles. The normalized spacial score (nSPS) is 16.3. The van der Waals surface area contributed by atoms with Gasteiger partial charge in [0.15, 0.2) is 0 Å². The summed E-state index contributed by atoms with van der Waals surface area (Å²) in [5, 5.41) is 9.44. The Morgan fingerprint density at radius 3 is 2.35 bits per heavy atom. The molecule has 0 amide bonds. The van der Waals surface area contributed by atoms with E-state index < -0.39 is 23.8 Å². The molecule has 2 aromatic rings. The molecule has 0 spiro atoms. The average molecular weight is 405 g/mol. The molecule has 2 aromatic carbocycles. The molecule has 9 heteroatoms. The van der Waals surface area contributed by atoms with Crippen LogP contribution in [0.2, 0.25) is 10.0 Å². The summed E-state index contributed by atoms with van der Waals surface area (Å²) in [6.45, 7) is 0. The number of alkyl halides is 3. The maximum absolute atomic E-state index is 13.1. The van der Waals surface area contributed by atoms with E-state index in [9.17, 15) is 18.0 Å². The van der Waals surface area contributed by atoms with Gasteiger partial charge in [-0.05, 0) is 36.4 Å². The minimum atomic E-state index is -4.90. The average Bonchev–Trinajstić information content (AvgIpc) is 2.55. The smallest absolute Gasteiger partial charge is 0.430 e. The van der Waals surface area contributed by atoms with Crippen molar-refractivity contribution in [3.63, 3.8) is 0 Å². The van der Waals surface area contributed by atoms with Crippen molar-refractivity contribution in [2.24, 2.45) is 0 Å². The second kappa shape index (κ2) is 6.74. The van der Waals surface area contributed by atoms with Crippen LogP contribution in [0.3, 0.4) is 0 Å². The van der Waals surface area contributed by atoms with E-state index in [-0.39, 0.29) is 22.1 Å². The first-order valence-electron chi connectivity index (χ1n) is 7.10. The maximum Gasteiger partial charge on any atom is 0.430 e. The highest BCUT2D eigenvalue weighted by Gasteiger charge is 2.48. The molecule has 1 aliphatic heterocycles. The third kappa shape index (κ3) is 3.73. The molecule has 0 radical (unpaired) electrons. The van der Waals surface area contributed by atoms with Crippen molar-refractivity contribution in [1.29, 1.82) is 0 Å². The fourth-order valence-corrected chi connectivity index (χ4v) is 2.75.